The van der Waals surface area contributed by atoms with Crippen LogP contribution in [0.15, 0.2) is 24.3 Å². The van der Waals surface area contributed by atoms with Crippen molar-refractivity contribution in [2.24, 2.45) is 5.92 Å². The topological polar surface area (TPSA) is 81.3 Å². The van der Waals surface area contributed by atoms with Crippen LogP contribution in [0.1, 0.15) is 25.8 Å². The molecule has 1 atom stereocenters. The largest absolute Gasteiger partial charge is 0.548 e. The summed E-state index contributed by atoms with van der Waals surface area (Å²) in [5.41, 5.74) is 0.874. The van der Waals surface area contributed by atoms with Crippen LogP contribution >= 0.6 is 11.6 Å². The van der Waals surface area contributed by atoms with E-state index in [1.807, 2.05) is 13.8 Å². The van der Waals surface area contributed by atoms with Gasteiger partial charge in [0.25, 0.3) is 0 Å². The molecule has 0 heterocycles. The number of carboxylic acid groups (broad SMARTS) is 1. The summed E-state index contributed by atoms with van der Waals surface area (Å²) in [6, 6.07) is 5.49. The van der Waals surface area contributed by atoms with Crippen molar-refractivity contribution in [1.82, 2.24) is 10.6 Å². The number of carbonyl (C=O) groups excluding carboxylic acids is 2. The Morgan fingerprint density at radius 1 is 1.25 bits per heavy atom. The molecule has 20 heavy (non-hydrogen) atoms. The van der Waals surface area contributed by atoms with Gasteiger partial charge in [0.1, 0.15) is 0 Å². The van der Waals surface area contributed by atoms with E-state index in [1.165, 1.54) is 0 Å². The van der Waals surface area contributed by atoms with Crippen LogP contribution in [-0.2, 0) is 11.3 Å². The monoisotopic (exact) mass is 297 g/mol. The number of amides is 2. The average Bonchev–Trinajstić information content (AvgIpc) is 2.36. The molecule has 110 valence electrons. The highest BCUT2D eigenvalue weighted by Gasteiger charge is 2.14. The van der Waals surface area contributed by atoms with E-state index in [-0.39, 0.29) is 5.92 Å². The molecular formula is C14H18ClN2O3-. The van der Waals surface area contributed by atoms with Crippen LogP contribution in [0, 0.1) is 5.92 Å². The van der Waals surface area contributed by atoms with Gasteiger partial charge >= 0.3 is 6.03 Å². The number of hydrogen-bond donors (Lipinski definition) is 2. The molecule has 1 aromatic carbocycles. The number of carboxylic acids is 1. The molecular weight excluding hydrogens is 280 g/mol. The molecule has 0 saturated carbocycles. The molecule has 2 N–H and O–H groups in total. The lowest BCUT2D eigenvalue weighted by molar-refractivity contribution is -0.308. The number of halogens is 1. The molecule has 0 bridgehead atoms. The van der Waals surface area contributed by atoms with Crippen molar-refractivity contribution in [3.8, 4) is 0 Å². The maximum absolute atomic E-state index is 11.6. The third-order valence-electron chi connectivity index (χ3n) is 2.66. The maximum atomic E-state index is 11.6. The van der Waals surface area contributed by atoms with Gasteiger partial charge in [-0.2, -0.15) is 0 Å². The molecule has 6 heteroatoms. The predicted octanol–water partition coefficient (Wildman–Crippen LogP) is 1.30. The molecule has 0 aliphatic rings. The third kappa shape index (κ3) is 5.93. The van der Waals surface area contributed by atoms with Crippen molar-refractivity contribution >= 4 is 23.6 Å². The fourth-order valence-corrected chi connectivity index (χ4v) is 1.81. The summed E-state index contributed by atoms with van der Waals surface area (Å²) >= 11 is 5.75. The standard InChI is InChI=1S/C14H19ClN2O3/c1-9(2)7-12(13(18)19)17-14(20)16-8-10-3-5-11(15)6-4-10/h3-6,9,12H,7-8H2,1-2H3,(H,18,19)(H2,16,17,20)/p-1/t12-/m0/s1. The minimum atomic E-state index is -1.28. The van der Waals surface area contributed by atoms with Gasteiger partial charge in [0.15, 0.2) is 0 Å². The quantitative estimate of drug-likeness (QED) is 0.830. The van der Waals surface area contributed by atoms with Gasteiger partial charge in [0.05, 0.1) is 12.0 Å². The molecule has 5 nitrogen and oxygen atoms in total. The van der Waals surface area contributed by atoms with Gasteiger partial charge in [-0.1, -0.05) is 37.6 Å². The molecule has 0 unspecified atom stereocenters. The van der Waals surface area contributed by atoms with Crippen molar-refractivity contribution in [3.63, 3.8) is 0 Å². The molecule has 0 aromatic heterocycles. The first-order valence-corrected chi connectivity index (χ1v) is 6.76. The number of urea groups is 1. The lowest BCUT2D eigenvalue weighted by Crippen LogP contribution is -2.51. The summed E-state index contributed by atoms with van der Waals surface area (Å²) < 4.78 is 0. The molecule has 0 saturated heterocycles. The second-order valence-electron chi connectivity index (χ2n) is 4.95. The van der Waals surface area contributed by atoms with Crippen molar-refractivity contribution in [2.75, 3.05) is 0 Å². The summed E-state index contributed by atoms with van der Waals surface area (Å²) in [6.45, 7) is 4.05. The minimum Gasteiger partial charge on any atom is -0.548 e. The van der Waals surface area contributed by atoms with E-state index < -0.39 is 18.0 Å². The molecule has 2 amide bonds. The van der Waals surface area contributed by atoms with Crippen LogP contribution in [0.3, 0.4) is 0 Å². The summed E-state index contributed by atoms with van der Waals surface area (Å²) in [5.74, 6) is -1.13. The molecule has 1 aromatic rings. The van der Waals surface area contributed by atoms with E-state index in [1.54, 1.807) is 24.3 Å². The minimum absolute atomic E-state index is 0.148. The van der Waals surface area contributed by atoms with Crippen LogP contribution in [0.25, 0.3) is 0 Å². The average molecular weight is 298 g/mol. The number of nitrogens with one attached hydrogen (secondary N) is 2. The van der Waals surface area contributed by atoms with E-state index in [2.05, 4.69) is 10.6 Å². The summed E-state index contributed by atoms with van der Waals surface area (Å²) in [5, 5.41) is 16.5. The number of carbonyl (C=O) groups is 2. The van der Waals surface area contributed by atoms with Crippen LogP contribution < -0.4 is 15.7 Å². The Morgan fingerprint density at radius 3 is 2.35 bits per heavy atom. The van der Waals surface area contributed by atoms with Crippen LogP contribution in [0.4, 0.5) is 4.79 Å². The van der Waals surface area contributed by atoms with Gasteiger partial charge in [0, 0.05) is 11.6 Å². The van der Waals surface area contributed by atoms with Gasteiger partial charge < -0.3 is 20.5 Å². The van der Waals surface area contributed by atoms with Gasteiger partial charge in [0.2, 0.25) is 0 Å². The Kier molecular flexibility index (Phi) is 6.31. The maximum Gasteiger partial charge on any atom is 0.315 e. The second kappa shape index (κ2) is 7.75. The lowest BCUT2D eigenvalue weighted by atomic mass is 10.0. The van der Waals surface area contributed by atoms with Gasteiger partial charge in [-0.3, -0.25) is 0 Å². The van der Waals surface area contributed by atoms with E-state index >= 15 is 0 Å². The molecule has 1 rings (SSSR count). The van der Waals surface area contributed by atoms with Crippen LogP contribution in [-0.4, -0.2) is 18.0 Å². The first kappa shape index (κ1) is 16.3. The summed E-state index contributed by atoms with van der Waals surface area (Å²) in [4.78, 5) is 22.6. The van der Waals surface area contributed by atoms with Crippen LogP contribution in [0.2, 0.25) is 5.02 Å². The number of benzene rings is 1. The van der Waals surface area contributed by atoms with Gasteiger partial charge in [-0.15, -0.1) is 0 Å². The highest BCUT2D eigenvalue weighted by atomic mass is 35.5. The number of rotatable bonds is 6. The Bertz CT molecular complexity index is 460. The van der Waals surface area contributed by atoms with Gasteiger partial charge in [-0.25, -0.2) is 4.79 Å². The first-order chi connectivity index (χ1) is 9.38. The first-order valence-electron chi connectivity index (χ1n) is 6.38. The molecule has 0 aliphatic carbocycles. The number of hydrogen-bond acceptors (Lipinski definition) is 3. The van der Waals surface area contributed by atoms with Crippen molar-refractivity contribution in [2.45, 2.75) is 32.9 Å². The molecule has 0 aliphatic heterocycles. The Balaban J connectivity index is 2.45. The zero-order valence-electron chi connectivity index (χ0n) is 11.5. The van der Waals surface area contributed by atoms with E-state index in [9.17, 15) is 14.7 Å². The van der Waals surface area contributed by atoms with Crippen molar-refractivity contribution in [3.05, 3.63) is 34.9 Å². The Labute approximate surface area is 123 Å². The molecule has 0 spiro atoms. The highest BCUT2D eigenvalue weighted by molar-refractivity contribution is 6.30. The molecule has 0 radical (unpaired) electrons. The van der Waals surface area contributed by atoms with E-state index in [0.717, 1.165) is 5.56 Å². The third-order valence-corrected chi connectivity index (χ3v) is 2.92. The highest BCUT2D eigenvalue weighted by Crippen LogP contribution is 2.09. The second-order valence-corrected chi connectivity index (χ2v) is 5.39. The fourth-order valence-electron chi connectivity index (χ4n) is 1.68. The lowest BCUT2D eigenvalue weighted by Gasteiger charge is -2.21. The number of aliphatic carboxylic acids is 1. The predicted molar refractivity (Wildman–Crippen MR) is 75.1 cm³/mol. The summed E-state index contributed by atoms with van der Waals surface area (Å²) in [6.07, 6.45) is 0.330. The van der Waals surface area contributed by atoms with Crippen molar-refractivity contribution in [1.29, 1.82) is 0 Å². The normalized spacial score (nSPS) is 12.0. The zero-order chi connectivity index (χ0) is 15.1. The van der Waals surface area contributed by atoms with Crippen LogP contribution in [0.5, 0.6) is 0 Å². The fraction of sp³-hybridized carbons (Fsp3) is 0.429. The summed E-state index contributed by atoms with van der Waals surface area (Å²) in [7, 11) is 0. The SMILES string of the molecule is CC(C)C[C@H](NC(=O)NCc1ccc(Cl)cc1)C(=O)[O-]. The van der Waals surface area contributed by atoms with Crippen molar-refractivity contribution < 1.29 is 14.7 Å². The molecule has 0 fully saturated rings. The Morgan fingerprint density at radius 2 is 1.85 bits per heavy atom. The zero-order valence-corrected chi connectivity index (χ0v) is 12.2. The van der Waals surface area contributed by atoms with E-state index in [4.69, 9.17) is 11.6 Å². The van der Waals surface area contributed by atoms with Gasteiger partial charge in [-0.05, 0) is 30.0 Å². The van der Waals surface area contributed by atoms with E-state index in [0.29, 0.717) is 18.0 Å². The Hall–Kier alpha value is -1.75. The smallest absolute Gasteiger partial charge is 0.315 e.